The molecule has 0 saturated heterocycles. The fraction of sp³-hybridized carbons (Fsp3) is 1.00. The summed E-state index contributed by atoms with van der Waals surface area (Å²) in [6, 6.07) is 0. The number of nitrogens with zero attached hydrogens (tertiary/aromatic N) is 1. The summed E-state index contributed by atoms with van der Waals surface area (Å²) in [5, 5.41) is 0. The molecule has 0 aliphatic rings. The van der Waals surface area contributed by atoms with Crippen LogP contribution < -0.4 is 4.72 Å². The van der Waals surface area contributed by atoms with Crippen LogP contribution >= 0.6 is 23.4 Å². The topological polar surface area (TPSA) is 41.5 Å². The Balaban J connectivity index is 4.59. The van der Waals surface area contributed by atoms with Crippen molar-refractivity contribution in [2.24, 2.45) is 5.41 Å². The Morgan fingerprint density at radius 3 is 2.14 bits per heavy atom. The maximum atomic E-state index is 10.9. The lowest BCUT2D eigenvalue weighted by molar-refractivity contribution is -0.888. The number of rotatable bonds is 9. The molecule has 2 N–H and O–H groups in total. The third kappa shape index (κ3) is 7.57. The molecule has 0 aliphatic carbocycles. The Labute approximate surface area is 139 Å². The summed E-state index contributed by atoms with van der Waals surface area (Å²) in [5.74, 6) is 0. The normalized spacial score (nSPS) is 20.7. The molecule has 0 saturated carbocycles. The van der Waals surface area contributed by atoms with Crippen molar-refractivity contribution in [3.05, 3.63) is 0 Å². The van der Waals surface area contributed by atoms with Gasteiger partial charge in [-0.1, -0.05) is 20.8 Å². The molecule has 0 aliphatic heterocycles. The molecule has 130 valence electrons. The summed E-state index contributed by atoms with van der Waals surface area (Å²) in [7, 11) is 3.60. The van der Waals surface area contributed by atoms with Crippen LogP contribution in [0.3, 0.4) is 0 Å². The first-order valence-electron chi connectivity index (χ1n) is 7.68. The van der Waals surface area contributed by atoms with Gasteiger partial charge in [-0.05, 0) is 25.7 Å². The van der Waals surface area contributed by atoms with E-state index in [0.717, 1.165) is 37.0 Å². The van der Waals surface area contributed by atoms with E-state index in [1.807, 2.05) is 6.92 Å². The molecule has 6 heteroatoms. The minimum atomic E-state index is -2.41. The van der Waals surface area contributed by atoms with Gasteiger partial charge in [0, 0.05) is 13.0 Å². The highest BCUT2D eigenvalue weighted by molar-refractivity contribution is 8.30. The molecule has 2 unspecified atom stereocenters. The fourth-order valence-corrected chi connectivity index (χ4v) is 5.08. The summed E-state index contributed by atoms with van der Waals surface area (Å²) >= 11 is 4.71. The SMILES string of the molecule is CC[N+](C)(C)CCCNS(O)(OC)C(C)(S)CC(C)(C)C. The minimum absolute atomic E-state index is 0.0821. The molecule has 0 radical (unpaired) electrons. The van der Waals surface area contributed by atoms with Crippen LogP contribution in [0.2, 0.25) is 0 Å². The molecule has 0 aromatic carbocycles. The average molecular weight is 342 g/mol. The maximum Gasteiger partial charge on any atom is 0.115 e. The molecule has 0 amide bonds. The molecule has 0 rings (SSSR count). The van der Waals surface area contributed by atoms with Gasteiger partial charge in [0.15, 0.2) is 0 Å². The van der Waals surface area contributed by atoms with Crippen LogP contribution in [0.4, 0.5) is 0 Å². The van der Waals surface area contributed by atoms with Crippen LogP contribution in [0.5, 0.6) is 0 Å². The Kier molecular flexibility index (Phi) is 8.09. The molecule has 0 aromatic heterocycles. The van der Waals surface area contributed by atoms with E-state index in [2.05, 4.69) is 46.5 Å². The summed E-state index contributed by atoms with van der Waals surface area (Å²) in [6.45, 7) is 13.5. The number of nitrogens with one attached hydrogen (secondary N) is 1. The van der Waals surface area contributed by atoms with E-state index < -0.39 is 14.9 Å². The van der Waals surface area contributed by atoms with E-state index in [4.69, 9.17) is 16.8 Å². The molecule has 0 fully saturated rings. The molecular formula is C15H37N2O2S2+. The molecule has 0 bridgehead atoms. The van der Waals surface area contributed by atoms with Gasteiger partial charge in [-0.15, -0.1) is 10.8 Å². The predicted molar refractivity (Wildman–Crippen MR) is 98.8 cm³/mol. The average Bonchev–Trinajstić information content (AvgIpc) is 2.31. The van der Waals surface area contributed by atoms with Crippen LogP contribution in [0.25, 0.3) is 0 Å². The second kappa shape index (κ2) is 7.88. The van der Waals surface area contributed by atoms with Gasteiger partial charge in [0.2, 0.25) is 0 Å². The zero-order valence-corrected chi connectivity index (χ0v) is 16.9. The molecule has 0 heterocycles. The molecule has 0 aromatic rings. The van der Waals surface area contributed by atoms with Crippen LogP contribution in [0.15, 0.2) is 0 Å². The largest absolute Gasteiger partial charge is 0.329 e. The standard InChI is InChI=1S/C15H36N2O2S2/c1-9-17(6,7)12-10-11-16-21(18,19-8)15(5,20)13-14(2,3)4/h16H,9-13H2,1-8H3,(H-,18,20)/p+1. The Hall–Kier alpha value is 0.540. The molecular weight excluding hydrogens is 304 g/mol. The van der Waals surface area contributed by atoms with Crippen LogP contribution in [-0.4, -0.2) is 54.0 Å². The fourth-order valence-electron chi connectivity index (χ4n) is 2.35. The zero-order valence-electron chi connectivity index (χ0n) is 15.2. The Bertz CT molecular complexity index is 317. The van der Waals surface area contributed by atoms with Crippen LogP contribution in [-0.2, 0) is 4.18 Å². The highest BCUT2D eigenvalue weighted by Crippen LogP contribution is 2.58. The lowest BCUT2D eigenvalue weighted by Crippen LogP contribution is -2.43. The van der Waals surface area contributed by atoms with Crippen molar-refractivity contribution in [3.8, 4) is 0 Å². The monoisotopic (exact) mass is 341 g/mol. The lowest BCUT2D eigenvalue weighted by Gasteiger charge is -2.51. The van der Waals surface area contributed by atoms with E-state index in [1.165, 1.54) is 0 Å². The van der Waals surface area contributed by atoms with Gasteiger partial charge in [-0.25, -0.2) is 4.72 Å². The second-order valence-corrected chi connectivity index (χ2v) is 11.7. The van der Waals surface area contributed by atoms with Crippen molar-refractivity contribution < 1.29 is 13.2 Å². The van der Waals surface area contributed by atoms with Gasteiger partial charge < -0.3 is 4.48 Å². The van der Waals surface area contributed by atoms with Gasteiger partial charge in [0.25, 0.3) is 0 Å². The molecule has 2 atom stereocenters. The lowest BCUT2D eigenvalue weighted by atomic mass is 9.90. The van der Waals surface area contributed by atoms with Gasteiger partial charge in [0.1, 0.15) is 4.08 Å². The van der Waals surface area contributed by atoms with Gasteiger partial charge in [0.05, 0.1) is 34.3 Å². The Morgan fingerprint density at radius 2 is 1.76 bits per heavy atom. The van der Waals surface area contributed by atoms with Gasteiger partial charge >= 0.3 is 0 Å². The second-order valence-electron chi connectivity index (χ2n) is 7.83. The smallest absolute Gasteiger partial charge is 0.115 e. The predicted octanol–water partition coefficient (Wildman–Crippen LogP) is 3.90. The Morgan fingerprint density at radius 1 is 1.24 bits per heavy atom. The summed E-state index contributed by atoms with van der Waals surface area (Å²) < 4.78 is 20.0. The quantitative estimate of drug-likeness (QED) is 0.338. The highest BCUT2D eigenvalue weighted by Gasteiger charge is 2.40. The zero-order chi connectivity index (χ0) is 16.9. The van der Waals surface area contributed by atoms with Crippen molar-refractivity contribution >= 4 is 23.4 Å². The highest BCUT2D eigenvalue weighted by atomic mass is 32.3. The van der Waals surface area contributed by atoms with Gasteiger partial charge in [-0.3, -0.25) is 8.74 Å². The van der Waals surface area contributed by atoms with E-state index in [9.17, 15) is 4.55 Å². The first-order valence-corrected chi connectivity index (χ1v) is 9.65. The van der Waals surface area contributed by atoms with Crippen molar-refractivity contribution in [1.82, 2.24) is 4.72 Å². The summed E-state index contributed by atoms with van der Waals surface area (Å²) in [5.41, 5.74) is 0.0821. The van der Waals surface area contributed by atoms with E-state index in [-0.39, 0.29) is 5.41 Å². The van der Waals surface area contributed by atoms with Gasteiger partial charge in [-0.2, -0.15) is 12.6 Å². The number of hydrogen-bond acceptors (Lipinski definition) is 4. The third-order valence-corrected chi connectivity index (χ3v) is 7.10. The summed E-state index contributed by atoms with van der Waals surface area (Å²) in [6.07, 6.45) is 1.77. The van der Waals surface area contributed by atoms with E-state index in [0.29, 0.717) is 0 Å². The molecule has 21 heavy (non-hydrogen) atoms. The molecule has 4 nitrogen and oxygen atoms in total. The number of hydrogen-bond donors (Lipinski definition) is 3. The number of thiol groups is 1. The first kappa shape index (κ1) is 21.5. The first-order chi connectivity index (χ1) is 9.29. The van der Waals surface area contributed by atoms with Crippen molar-refractivity contribution in [1.29, 1.82) is 0 Å². The van der Waals surface area contributed by atoms with Crippen molar-refractivity contribution in [3.63, 3.8) is 0 Å². The van der Waals surface area contributed by atoms with E-state index >= 15 is 0 Å². The minimum Gasteiger partial charge on any atom is -0.329 e. The van der Waals surface area contributed by atoms with E-state index in [1.54, 1.807) is 7.11 Å². The molecule has 0 spiro atoms. The number of quaternary nitrogens is 1. The maximum absolute atomic E-state index is 10.9. The van der Waals surface area contributed by atoms with Crippen molar-refractivity contribution in [2.75, 3.05) is 40.8 Å². The van der Waals surface area contributed by atoms with Crippen LogP contribution in [0, 0.1) is 5.41 Å². The third-order valence-electron chi connectivity index (χ3n) is 3.79. The van der Waals surface area contributed by atoms with Crippen molar-refractivity contribution in [2.45, 2.75) is 51.5 Å². The van der Waals surface area contributed by atoms with Crippen LogP contribution in [0.1, 0.15) is 47.5 Å². The summed E-state index contributed by atoms with van der Waals surface area (Å²) in [4.78, 5) is 0.